The number of thioether (sulfide) groups is 1. The molecule has 1 aromatic heterocycles. The molecule has 1 aromatic rings. The van der Waals surface area contributed by atoms with Crippen LogP contribution in [0.2, 0.25) is 0 Å². The lowest BCUT2D eigenvalue weighted by molar-refractivity contribution is 0.625. The molecule has 15 heavy (non-hydrogen) atoms. The number of fused-ring (bicyclic) bond motifs is 1. The van der Waals surface area contributed by atoms with Crippen LogP contribution < -0.4 is 5.73 Å². The van der Waals surface area contributed by atoms with Crippen LogP contribution in [0.5, 0.6) is 0 Å². The summed E-state index contributed by atoms with van der Waals surface area (Å²) in [6.07, 6.45) is 3.65. The minimum Gasteiger partial charge on any atom is -0.383 e. The van der Waals surface area contributed by atoms with E-state index in [1.165, 1.54) is 29.0 Å². The largest absolute Gasteiger partial charge is 0.383 e. The first kappa shape index (κ1) is 11.0. The number of nitrogens with zero attached hydrogens (tertiary/aromatic N) is 1. The van der Waals surface area contributed by atoms with Crippen LogP contribution in [-0.2, 0) is 0 Å². The van der Waals surface area contributed by atoms with Crippen LogP contribution in [0.4, 0.5) is 0 Å². The number of rotatable bonds is 3. The van der Waals surface area contributed by atoms with Gasteiger partial charge in [-0.25, -0.2) is 0 Å². The third-order valence-electron chi connectivity index (χ3n) is 2.51. The molecule has 2 heterocycles. The predicted molar refractivity (Wildman–Crippen MR) is 69.1 cm³/mol. The molecule has 2 nitrogen and oxygen atoms in total. The Bertz CT molecular complexity index is 357. The maximum absolute atomic E-state index is 6.00. The fourth-order valence-corrected chi connectivity index (χ4v) is 3.78. The third-order valence-corrected chi connectivity index (χ3v) is 4.77. The van der Waals surface area contributed by atoms with Crippen molar-refractivity contribution >= 4 is 28.9 Å². The molecule has 82 valence electrons. The van der Waals surface area contributed by atoms with Crippen molar-refractivity contribution < 1.29 is 0 Å². The first-order chi connectivity index (χ1) is 7.31. The molecule has 0 saturated heterocycles. The zero-order valence-corrected chi connectivity index (χ0v) is 10.5. The van der Waals surface area contributed by atoms with E-state index < -0.39 is 0 Å². The van der Waals surface area contributed by atoms with Crippen molar-refractivity contribution in [1.82, 2.24) is 0 Å². The minimum absolute atomic E-state index is 0.412. The van der Waals surface area contributed by atoms with Crippen molar-refractivity contribution in [3.05, 3.63) is 16.3 Å². The lowest BCUT2D eigenvalue weighted by Gasteiger charge is -2.08. The van der Waals surface area contributed by atoms with Gasteiger partial charge in [0.05, 0.1) is 10.9 Å². The van der Waals surface area contributed by atoms with E-state index in [2.05, 4.69) is 23.4 Å². The first-order valence-corrected chi connectivity index (χ1v) is 7.21. The van der Waals surface area contributed by atoms with Crippen molar-refractivity contribution in [2.45, 2.75) is 37.1 Å². The predicted octanol–water partition coefficient (Wildman–Crippen LogP) is 3.12. The van der Waals surface area contributed by atoms with Crippen LogP contribution in [0.15, 0.2) is 21.3 Å². The van der Waals surface area contributed by atoms with Gasteiger partial charge in [-0.3, -0.25) is 4.99 Å². The second kappa shape index (κ2) is 5.03. The lowest BCUT2D eigenvalue weighted by Crippen LogP contribution is -2.16. The zero-order valence-electron chi connectivity index (χ0n) is 8.90. The normalized spacial score (nSPS) is 20.6. The Labute approximate surface area is 99.0 Å². The molecule has 0 aliphatic carbocycles. The molecular formula is C11H16N2S2. The van der Waals surface area contributed by atoms with Gasteiger partial charge in [0.25, 0.3) is 0 Å². The maximum atomic E-state index is 6.00. The Balaban J connectivity index is 2.11. The van der Waals surface area contributed by atoms with Gasteiger partial charge in [-0.05, 0) is 17.9 Å². The van der Waals surface area contributed by atoms with Crippen molar-refractivity contribution in [3.8, 4) is 0 Å². The highest BCUT2D eigenvalue weighted by Gasteiger charge is 2.17. The minimum atomic E-state index is 0.412. The standard InChI is InChI=1S/C11H16N2S2/c1-2-3-4-8-7-15-9-5-6-14-10(9)11(12)13-8/h5-6,8H,2-4,7H2,1H3,(H2,12,13). The van der Waals surface area contributed by atoms with E-state index in [4.69, 9.17) is 5.73 Å². The van der Waals surface area contributed by atoms with Crippen molar-refractivity contribution in [3.63, 3.8) is 0 Å². The lowest BCUT2D eigenvalue weighted by atomic mass is 10.1. The van der Waals surface area contributed by atoms with Crippen LogP contribution in [0, 0.1) is 0 Å². The quantitative estimate of drug-likeness (QED) is 0.881. The molecule has 1 aliphatic rings. The van der Waals surface area contributed by atoms with Gasteiger partial charge in [-0.2, -0.15) is 0 Å². The van der Waals surface area contributed by atoms with E-state index in [9.17, 15) is 0 Å². The topological polar surface area (TPSA) is 38.4 Å². The number of hydrogen-bond donors (Lipinski definition) is 1. The van der Waals surface area contributed by atoms with E-state index in [1.54, 1.807) is 11.3 Å². The Kier molecular flexibility index (Phi) is 3.70. The summed E-state index contributed by atoms with van der Waals surface area (Å²) in [7, 11) is 0. The fraction of sp³-hybridized carbons (Fsp3) is 0.545. The summed E-state index contributed by atoms with van der Waals surface area (Å²) >= 11 is 3.59. The summed E-state index contributed by atoms with van der Waals surface area (Å²) in [4.78, 5) is 7.08. The average molecular weight is 240 g/mol. The number of amidine groups is 1. The van der Waals surface area contributed by atoms with Crippen LogP contribution in [-0.4, -0.2) is 17.6 Å². The summed E-state index contributed by atoms with van der Waals surface area (Å²) in [6, 6.07) is 2.56. The van der Waals surface area contributed by atoms with E-state index in [-0.39, 0.29) is 0 Å². The van der Waals surface area contributed by atoms with E-state index in [0.29, 0.717) is 6.04 Å². The molecule has 0 spiro atoms. The molecule has 0 amide bonds. The monoisotopic (exact) mass is 240 g/mol. The Morgan fingerprint density at radius 1 is 1.60 bits per heavy atom. The molecule has 4 heteroatoms. The molecule has 0 radical (unpaired) electrons. The zero-order chi connectivity index (χ0) is 10.7. The van der Waals surface area contributed by atoms with Gasteiger partial charge in [-0.15, -0.1) is 23.1 Å². The van der Waals surface area contributed by atoms with Gasteiger partial charge in [-0.1, -0.05) is 19.8 Å². The number of thiophene rings is 1. The fourth-order valence-electron chi connectivity index (χ4n) is 1.66. The number of nitrogens with two attached hydrogens (primary N) is 1. The highest BCUT2D eigenvalue weighted by molar-refractivity contribution is 7.99. The van der Waals surface area contributed by atoms with Crippen molar-refractivity contribution in [2.24, 2.45) is 10.7 Å². The van der Waals surface area contributed by atoms with Gasteiger partial charge in [0.15, 0.2) is 0 Å². The number of aliphatic imine (C=N–C) groups is 1. The van der Waals surface area contributed by atoms with Crippen molar-refractivity contribution in [2.75, 3.05) is 5.75 Å². The molecule has 1 atom stereocenters. The SMILES string of the molecule is CCCCC1CSc2ccsc2C(N)=N1. The molecule has 0 aromatic carbocycles. The number of unbranched alkanes of at least 4 members (excludes halogenated alkanes) is 1. The molecule has 0 fully saturated rings. The second-order valence-corrected chi connectivity index (χ2v) is 5.71. The molecule has 0 saturated carbocycles. The van der Waals surface area contributed by atoms with E-state index in [1.807, 2.05) is 11.8 Å². The average Bonchev–Trinajstić information content (AvgIpc) is 2.65. The maximum Gasteiger partial charge on any atom is 0.137 e. The molecule has 2 N–H and O–H groups in total. The smallest absolute Gasteiger partial charge is 0.137 e. The van der Waals surface area contributed by atoms with Crippen LogP contribution in [0.3, 0.4) is 0 Å². The van der Waals surface area contributed by atoms with Gasteiger partial charge in [0.1, 0.15) is 5.84 Å². The summed E-state index contributed by atoms with van der Waals surface area (Å²) in [6.45, 7) is 2.22. The van der Waals surface area contributed by atoms with Gasteiger partial charge < -0.3 is 5.73 Å². The van der Waals surface area contributed by atoms with E-state index in [0.717, 1.165) is 11.6 Å². The van der Waals surface area contributed by atoms with E-state index >= 15 is 0 Å². The van der Waals surface area contributed by atoms with Crippen LogP contribution >= 0.6 is 23.1 Å². The Morgan fingerprint density at radius 3 is 3.27 bits per heavy atom. The molecule has 1 unspecified atom stereocenters. The van der Waals surface area contributed by atoms with Crippen molar-refractivity contribution in [1.29, 1.82) is 0 Å². The van der Waals surface area contributed by atoms with Crippen LogP contribution in [0.25, 0.3) is 0 Å². The van der Waals surface area contributed by atoms with Gasteiger partial charge >= 0.3 is 0 Å². The first-order valence-electron chi connectivity index (χ1n) is 5.35. The Hall–Kier alpha value is -0.480. The second-order valence-electron chi connectivity index (χ2n) is 3.74. The summed E-state index contributed by atoms with van der Waals surface area (Å²) in [5.74, 6) is 1.82. The third kappa shape index (κ3) is 2.55. The Morgan fingerprint density at radius 2 is 2.47 bits per heavy atom. The molecule has 1 aliphatic heterocycles. The van der Waals surface area contributed by atoms with Gasteiger partial charge in [0.2, 0.25) is 0 Å². The van der Waals surface area contributed by atoms with Crippen LogP contribution in [0.1, 0.15) is 31.1 Å². The molecule has 0 bridgehead atoms. The summed E-state index contributed by atoms with van der Waals surface area (Å²) < 4.78 is 0. The molecule has 2 rings (SSSR count). The summed E-state index contributed by atoms with van der Waals surface area (Å²) in [5, 5.41) is 2.09. The highest BCUT2D eigenvalue weighted by Crippen LogP contribution is 2.31. The van der Waals surface area contributed by atoms with Gasteiger partial charge in [0, 0.05) is 10.6 Å². The highest BCUT2D eigenvalue weighted by atomic mass is 32.2. The number of hydrogen-bond acceptors (Lipinski definition) is 4. The molecular weight excluding hydrogens is 224 g/mol. The summed E-state index contributed by atoms with van der Waals surface area (Å²) in [5.41, 5.74) is 6.00.